The van der Waals surface area contributed by atoms with E-state index in [1.165, 1.54) is 0 Å². The van der Waals surface area contributed by atoms with Crippen LogP contribution in [0.5, 0.6) is 0 Å². The van der Waals surface area contributed by atoms with Gasteiger partial charge in [0.25, 0.3) is 0 Å². The van der Waals surface area contributed by atoms with Crippen LogP contribution in [0.25, 0.3) is 0 Å². The Hall–Kier alpha value is -0.620. The van der Waals surface area contributed by atoms with Crippen molar-refractivity contribution in [3.63, 3.8) is 0 Å². The molecule has 5 nitrogen and oxygen atoms in total. The van der Waals surface area contributed by atoms with E-state index in [-0.39, 0.29) is 23.6 Å². The van der Waals surface area contributed by atoms with Crippen LogP contribution in [0.15, 0.2) is 0 Å². The van der Waals surface area contributed by atoms with Gasteiger partial charge in [-0.05, 0) is 26.2 Å². The molecule has 0 unspecified atom stereocenters. The lowest BCUT2D eigenvalue weighted by molar-refractivity contribution is -0.134. The smallest absolute Gasteiger partial charge is 0.225 e. The number of hydrogen-bond donors (Lipinski definition) is 1. The highest BCUT2D eigenvalue weighted by Crippen LogP contribution is 2.27. The number of likely N-dealkylation sites (tertiary alicyclic amines) is 1. The normalized spacial score (nSPS) is 25.8. The van der Waals surface area contributed by atoms with Crippen molar-refractivity contribution in [3.8, 4) is 0 Å². The molecule has 6 heteroatoms. The van der Waals surface area contributed by atoms with Crippen molar-refractivity contribution < 1.29 is 13.2 Å². The number of amides is 1. The monoisotopic (exact) mass is 274 g/mol. The van der Waals surface area contributed by atoms with Crippen molar-refractivity contribution >= 4 is 15.9 Å². The molecule has 1 aliphatic carbocycles. The summed E-state index contributed by atoms with van der Waals surface area (Å²) in [7, 11) is -3.16. The SMILES string of the molecule is CCS(=O)(=O)N[C@@H]1CCN(C(=O)C2CCCC2)C1. The standard InChI is InChI=1S/C12H22N2O3S/c1-2-18(16,17)13-11-7-8-14(9-11)12(15)10-5-3-4-6-10/h10-11,13H,2-9H2,1H3/t11-/m1/s1. The van der Waals surface area contributed by atoms with Crippen LogP contribution < -0.4 is 4.72 Å². The van der Waals surface area contributed by atoms with E-state index in [1.807, 2.05) is 4.90 Å². The van der Waals surface area contributed by atoms with Gasteiger partial charge in [0.05, 0.1) is 5.75 Å². The van der Waals surface area contributed by atoms with Crippen molar-refractivity contribution in [3.05, 3.63) is 0 Å². The minimum atomic E-state index is -3.16. The number of nitrogens with one attached hydrogen (secondary N) is 1. The molecule has 1 heterocycles. The summed E-state index contributed by atoms with van der Waals surface area (Å²) in [5.74, 6) is 0.511. The van der Waals surface area contributed by atoms with Crippen molar-refractivity contribution in [2.45, 2.75) is 45.1 Å². The number of carbonyl (C=O) groups excluding carboxylic acids is 1. The highest BCUT2D eigenvalue weighted by molar-refractivity contribution is 7.89. The van der Waals surface area contributed by atoms with Crippen LogP contribution in [0.3, 0.4) is 0 Å². The van der Waals surface area contributed by atoms with E-state index in [0.717, 1.165) is 32.1 Å². The van der Waals surface area contributed by atoms with Crippen LogP contribution in [0.1, 0.15) is 39.0 Å². The largest absolute Gasteiger partial charge is 0.341 e. The Balaban J connectivity index is 1.86. The third-order valence-corrected chi connectivity index (χ3v) is 5.38. The summed E-state index contributed by atoms with van der Waals surface area (Å²) in [5, 5.41) is 0. The van der Waals surface area contributed by atoms with Gasteiger partial charge in [-0.2, -0.15) is 0 Å². The summed E-state index contributed by atoms with van der Waals surface area (Å²) >= 11 is 0. The van der Waals surface area contributed by atoms with Crippen molar-refractivity contribution in [1.82, 2.24) is 9.62 Å². The Labute approximate surface area is 109 Å². The predicted octanol–water partition coefficient (Wildman–Crippen LogP) is 0.717. The molecule has 2 rings (SSSR count). The lowest BCUT2D eigenvalue weighted by atomic mass is 10.1. The highest BCUT2D eigenvalue weighted by atomic mass is 32.2. The van der Waals surface area contributed by atoms with Gasteiger partial charge in [-0.15, -0.1) is 0 Å². The molecule has 1 saturated heterocycles. The van der Waals surface area contributed by atoms with E-state index in [2.05, 4.69) is 4.72 Å². The summed E-state index contributed by atoms with van der Waals surface area (Å²) in [5.41, 5.74) is 0. The summed E-state index contributed by atoms with van der Waals surface area (Å²) in [4.78, 5) is 14.0. The van der Waals surface area contributed by atoms with Gasteiger partial charge in [-0.1, -0.05) is 12.8 Å². The number of rotatable bonds is 4. The molecule has 1 saturated carbocycles. The van der Waals surface area contributed by atoms with Gasteiger partial charge >= 0.3 is 0 Å². The van der Waals surface area contributed by atoms with Crippen molar-refractivity contribution in [2.24, 2.45) is 5.92 Å². The van der Waals surface area contributed by atoms with E-state index >= 15 is 0 Å². The van der Waals surface area contributed by atoms with Gasteiger partial charge in [0.15, 0.2) is 0 Å². The van der Waals surface area contributed by atoms with Gasteiger partial charge < -0.3 is 4.90 Å². The molecule has 1 aliphatic heterocycles. The molecule has 1 amide bonds. The average Bonchev–Trinajstić information content (AvgIpc) is 2.98. The molecule has 0 aromatic carbocycles. The van der Waals surface area contributed by atoms with Crippen LogP contribution in [0, 0.1) is 5.92 Å². The minimum absolute atomic E-state index is 0.0969. The summed E-state index contributed by atoms with van der Waals surface area (Å²) < 4.78 is 25.6. The van der Waals surface area contributed by atoms with E-state index in [9.17, 15) is 13.2 Å². The number of nitrogens with zero attached hydrogens (tertiary/aromatic N) is 1. The maximum atomic E-state index is 12.2. The van der Waals surface area contributed by atoms with Gasteiger partial charge in [-0.25, -0.2) is 13.1 Å². The molecule has 0 radical (unpaired) electrons. The molecule has 2 fully saturated rings. The second-order valence-electron chi connectivity index (χ2n) is 5.27. The lowest BCUT2D eigenvalue weighted by Crippen LogP contribution is -2.40. The summed E-state index contributed by atoms with van der Waals surface area (Å²) in [6, 6.07) is -0.0969. The molecular weight excluding hydrogens is 252 g/mol. The molecule has 104 valence electrons. The molecule has 1 N–H and O–H groups in total. The zero-order valence-corrected chi connectivity index (χ0v) is 11.7. The average molecular weight is 274 g/mol. The molecule has 2 aliphatic rings. The molecule has 0 aromatic rings. The van der Waals surface area contributed by atoms with E-state index in [0.29, 0.717) is 13.1 Å². The third kappa shape index (κ3) is 3.23. The number of hydrogen-bond acceptors (Lipinski definition) is 3. The first kappa shape index (κ1) is 13.8. The fourth-order valence-corrected chi connectivity index (χ4v) is 3.69. The summed E-state index contributed by atoms with van der Waals surface area (Å²) in [6.07, 6.45) is 5.03. The van der Waals surface area contributed by atoms with Gasteiger partial charge in [-0.3, -0.25) is 4.79 Å². The number of carbonyl (C=O) groups is 1. The van der Waals surface area contributed by atoms with Gasteiger partial charge in [0.1, 0.15) is 0 Å². The van der Waals surface area contributed by atoms with Crippen LogP contribution in [0.2, 0.25) is 0 Å². The first-order valence-electron chi connectivity index (χ1n) is 6.80. The highest BCUT2D eigenvalue weighted by Gasteiger charge is 2.33. The fraction of sp³-hybridized carbons (Fsp3) is 0.917. The lowest BCUT2D eigenvalue weighted by Gasteiger charge is -2.20. The zero-order valence-electron chi connectivity index (χ0n) is 10.9. The third-order valence-electron chi connectivity index (χ3n) is 3.93. The fourth-order valence-electron chi connectivity index (χ4n) is 2.82. The van der Waals surface area contributed by atoms with Crippen molar-refractivity contribution in [1.29, 1.82) is 0 Å². The molecular formula is C12H22N2O3S. The van der Waals surface area contributed by atoms with Crippen molar-refractivity contribution in [2.75, 3.05) is 18.8 Å². The maximum Gasteiger partial charge on any atom is 0.225 e. The van der Waals surface area contributed by atoms with E-state index < -0.39 is 10.0 Å². The van der Waals surface area contributed by atoms with Gasteiger partial charge in [0.2, 0.25) is 15.9 Å². The Morgan fingerprint density at radius 3 is 2.56 bits per heavy atom. The minimum Gasteiger partial charge on any atom is -0.341 e. The summed E-state index contributed by atoms with van der Waals surface area (Å²) in [6.45, 7) is 2.85. The topological polar surface area (TPSA) is 66.5 Å². The number of sulfonamides is 1. The molecule has 18 heavy (non-hydrogen) atoms. The Kier molecular flexibility index (Phi) is 4.27. The first-order chi connectivity index (χ1) is 8.52. The zero-order chi connectivity index (χ0) is 13.2. The molecule has 0 spiro atoms. The Morgan fingerprint density at radius 1 is 1.28 bits per heavy atom. The Bertz CT molecular complexity index is 402. The quantitative estimate of drug-likeness (QED) is 0.821. The molecule has 1 atom stereocenters. The first-order valence-corrected chi connectivity index (χ1v) is 8.46. The van der Waals surface area contributed by atoms with Crippen LogP contribution in [-0.4, -0.2) is 44.1 Å². The Morgan fingerprint density at radius 2 is 1.94 bits per heavy atom. The molecule has 0 aromatic heterocycles. The van der Waals surface area contributed by atoms with E-state index in [1.54, 1.807) is 6.92 Å². The van der Waals surface area contributed by atoms with E-state index in [4.69, 9.17) is 0 Å². The second kappa shape index (κ2) is 5.57. The predicted molar refractivity (Wildman–Crippen MR) is 69.5 cm³/mol. The van der Waals surface area contributed by atoms with Crippen LogP contribution in [-0.2, 0) is 14.8 Å². The van der Waals surface area contributed by atoms with Crippen LogP contribution >= 0.6 is 0 Å². The molecule has 0 bridgehead atoms. The van der Waals surface area contributed by atoms with Gasteiger partial charge in [0, 0.05) is 25.0 Å². The van der Waals surface area contributed by atoms with Crippen LogP contribution in [0.4, 0.5) is 0 Å². The second-order valence-corrected chi connectivity index (χ2v) is 7.32. The maximum absolute atomic E-state index is 12.2.